The van der Waals surface area contributed by atoms with Crippen molar-refractivity contribution in [1.82, 2.24) is 20.1 Å². The number of hydrogen-bond donors (Lipinski definition) is 2. The molecule has 0 radical (unpaired) electrons. The van der Waals surface area contributed by atoms with Gasteiger partial charge in [0.1, 0.15) is 12.4 Å². The van der Waals surface area contributed by atoms with E-state index in [4.69, 9.17) is 12.2 Å². The lowest BCUT2D eigenvalue weighted by atomic mass is 10.0. The summed E-state index contributed by atoms with van der Waals surface area (Å²) in [4.78, 5) is 12.1. The molecule has 0 fully saturated rings. The van der Waals surface area contributed by atoms with Crippen LogP contribution in [-0.4, -0.2) is 26.7 Å². The monoisotopic (exact) mass is 298 g/mol. The van der Waals surface area contributed by atoms with Crippen molar-refractivity contribution < 1.29 is 4.79 Å². The van der Waals surface area contributed by atoms with Gasteiger partial charge in [0.25, 0.3) is 0 Å². The second-order valence-electron chi connectivity index (χ2n) is 5.72. The minimum absolute atomic E-state index is 0.00360. The molecule has 6 heteroatoms. The molecule has 0 aliphatic rings. The second-order valence-corrected chi connectivity index (χ2v) is 6.11. The summed E-state index contributed by atoms with van der Waals surface area (Å²) in [6.07, 6.45) is 3.92. The SMILES string of the molecule is CCCc1n[nH]c(=S)n1CC(=O)NC(C)CCC(C)C. The van der Waals surface area contributed by atoms with Crippen LogP contribution in [0.4, 0.5) is 0 Å². The van der Waals surface area contributed by atoms with E-state index < -0.39 is 0 Å². The van der Waals surface area contributed by atoms with Crippen molar-refractivity contribution in [3.8, 4) is 0 Å². The van der Waals surface area contributed by atoms with Crippen LogP contribution < -0.4 is 5.32 Å². The van der Waals surface area contributed by atoms with Crippen LogP contribution in [0.1, 0.15) is 52.8 Å². The fourth-order valence-corrected chi connectivity index (χ4v) is 2.26. The Balaban J connectivity index is 2.54. The Labute approximate surface area is 126 Å². The predicted octanol–water partition coefficient (Wildman–Crippen LogP) is 2.83. The zero-order valence-electron chi connectivity index (χ0n) is 12.9. The van der Waals surface area contributed by atoms with Crippen LogP contribution in [0.3, 0.4) is 0 Å². The molecular formula is C14H26N4OS. The van der Waals surface area contributed by atoms with Crippen molar-refractivity contribution in [2.45, 2.75) is 66.0 Å². The van der Waals surface area contributed by atoms with Crippen LogP contribution in [0.5, 0.6) is 0 Å². The molecule has 1 heterocycles. The number of H-pyrrole nitrogens is 1. The highest BCUT2D eigenvalue weighted by Crippen LogP contribution is 2.07. The molecule has 20 heavy (non-hydrogen) atoms. The van der Waals surface area contributed by atoms with Crippen LogP contribution in [0.2, 0.25) is 0 Å². The van der Waals surface area contributed by atoms with Gasteiger partial charge in [0.05, 0.1) is 0 Å². The van der Waals surface area contributed by atoms with Gasteiger partial charge in [-0.2, -0.15) is 5.10 Å². The van der Waals surface area contributed by atoms with E-state index in [2.05, 4.69) is 36.3 Å². The molecule has 1 rings (SSSR count). The molecule has 0 saturated heterocycles. The summed E-state index contributed by atoms with van der Waals surface area (Å²) >= 11 is 5.17. The molecule has 1 amide bonds. The molecule has 114 valence electrons. The summed E-state index contributed by atoms with van der Waals surface area (Å²) < 4.78 is 2.29. The van der Waals surface area contributed by atoms with Crippen molar-refractivity contribution in [3.05, 3.63) is 10.6 Å². The van der Waals surface area contributed by atoms with E-state index >= 15 is 0 Å². The zero-order valence-corrected chi connectivity index (χ0v) is 13.7. The van der Waals surface area contributed by atoms with Gasteiger partial charge in [-0.3, -0.25) is 14.5 Å². The maximum absolute atomic E-state index is 12.1. The molecule has 1 atom stereocenters. The highest BCUT2D eigenvalue weighted by Gasteiger charge is 2.12. The van der Waals surface area contributed by atoms with Crippen molar-refractivity contribution in [2.75, 3.05) is 0 Å². The number of nitrogens with one attached hydrogen (secondary N) is 2. The van der Waals surface area contributed by atoms with Crippen molar-refractivity contribution in [2.24, 2.45) is 5.92 Å². The molecule has 0 saturated carbocycles. The molecule has 5 nitrogen and oxygen atoms in total. The molecule has 0 aromatic carbocycles. The summed E-state index contributed by atoms with van der Waals surface area (Å²) in [7, 11) is 0. The molecule has 0 bridgehead atoms. The average Bonchev–Trinajstić information content (AvgIpc) is 2.69. The standard InChI is InChI=1S/C14H26N4OS/c1-5-6-12-16-17-14(20)18(12)9-13(19)15-11(4)8-7-10(2)3/h10-11H,5-9H2,1-4H3,(H,15,19)(H,17,20). The third-order valence-corrected chi connectivity index (χ3v) is 3.51. The summed E-state index contributed by atoms with van der Waals surface area (Å²) in [5.41, 5.74) is 0. The largest absolute Gasteiger partial charge is 0.352 e. The van der Waals surface area contributed by atoms with E-state index in [1.54, 1.807) is 4.57 Å². The maximum Gasteiger partial charge on any atom is 0.240 e. The quantitative estimate of drug-likeness (QED) is 0.725. The zero-order chi connectivity index (χ0) is 15.1. The summed E-state index contributed by atoms with van der Waals surface area (Å²) in [6.45, 7) is 8.75. The fourth-order valence-electron chi connectivity index (χ4n) is 2.05. The lowest BCUT2D eigenvalue weighted by molar-refractivity contribution is -0.122. The van der Waals surface area contributed by atoms with Gasteiger partial charge >= 0.3 is 0 Å². The minimum Gasteiger partial charge on any atom is -0.352 e. The number of nitrogens with zero attached hydrogens (tertiary/aromatic N) is 2. The molecule has 1 unspecified atom stereocenters. The summed E-state index contributed by atoms with van der Waals surface area (Å²) in [5, 5.41) is 9.94. The Morgan fingerprint density at radius 1 is 1.40 bits per heavy atom. The van der Waals surface area contributed by atoms with E-state index in [0.717, 1.165) is 31.5 Å². The third-order valence-electron chi connectivity index (χ3n) is 3.20. The first kappa shape index (κ1) is 16.9. The summed E-state index contributed by atoms with van der Waals surface area (Å²) in [5.74, 6) is 1.51. The fraction of sp³-hybridized carbons (Fsp3) is 0.786. The lowest BCUT2D eigenvalue weighted by Crippen LogP contribution is -2.35. The predicted molar refractivity (Wildman–Crippen MR) is 83.1 cm³/mol. The highest BCUT2D eigenvalue weighted by molar-refractivity contribution is 7.71. The lowest BCUT2D eigenvalue weighted by Gasteiger charge is -2.15. The minimum atomic E-state index is -0.00360. The Kier molecular flexibility index (Phi) is 6.91. The van der Waals surface area contributed by atoms with Crippen LogP contribution in [-0.2, 0) is 17.8 Å². The molecule has 2 N–H and O–H groups in total. The molecular weight excluding hydrogens is 272 g/mol. The second kappa shape index (κ2) is 8.19. The van der Waals surface area contributed by atoms with E-state index in [-0.39, 0.29) is 18.5 Å². The molecule has 1 aromatic heterocycles. The van der Waals surface area contributed by atoms with Gasteiger partial charge in [0.15, 0.2) is 4.77 Å². The first-order valence-corrected chi connectivity index (χ1v) is 7.78. The van der Waals surface area contributed by atoms with Gasteiger partial charge in [-0.05, 0) is 44.3 Å². The number of rotatable bonds is 8. The van der Waals surface area contributed by atoms with Gasteiger partial charge in [0.2, 0.25) is 5.91 Å². The van der Waals surface area contributed by atoms with E-state index in [9.17, 15) is 4.79 Å². The van der Waals surface area contributed by atoms with E-state index in [0.29, 0.717) is 10.7 Å². The van der Waals surface area contributed by atoms with Crippen LogP contribution in [0, 0.1) is 10.7 Å². The van der Waals surface area contributed by atoms with Crippen LogP contribution >= 0.6 is 12.2 Å². The van der Waals surface area contributed by atoms with Gasteiger partial charge in [0, 0.05) is 12.5 Å². The Hall–Kier alpha value is -1.17. The number of aromatic amines is 1. The van der Waals surface area contributed by atoms with Crippen LogP contribution in [0.15, 0.2) is 0 Å². The number of carbonyl (C=O) groups is 1. The maximum atomic E-state index is 12.1. The Morgan fingerprint density at radius 2 is 2.10 bits per heavy atom. The van der Waals surface area contributed by atoms with E-state index in [1.807, 2.05) is 6.92 Å². The molecule has 1 aromatic rings. The van der Waals surface area contributed by atoms with Gasteiger partial charge in [-0.1, -0.05) is 20.8 Å². The topological polar surface area (TPSA) is 62.7 Å². The van der Waals surface area contributed by atoms with Crippen LogP contribution in [0.25, 0.3) is 0 Å². The van der Waals surface area contributed by atoms with Gasteiger partial charge in [-0.25, -0.2) is 0 Å². The number of carbonyl (C=O) groups excluding carboxylic acids is 1. The normalized spacial score (nSPS) is 12.7. The first-order valence-electron chi connectivity index (χ1n) is 7.37. The average molecular weight is 298 g/mol. The van der Waals surface area contributed by atoms with Gasteiger partial charge < -0.3 is 5.32 Å². The van der Waals surface area contributed by atoms with Crippen molar-refractivity contribution in [1.29, 1.82) is 0 Å². The van der Waals surface area contributed by atoms with E-state index in [1.165, 1.54) is 0 Å². The first-order chi connectivity index (χ1) is 9.43. The molecule has 0 spiro atoms. The number of hydrogen-bond acceptors (Lipinski definition) is 3. The number of amides is 1. The smallest absolute Gasteiger partial charge is 0.240 e. The summed E-state index contributed by atoms with van der Waals surface area (Å²) in [6, 6.07) is 0.195. The Bertz CT molecular complexity index is 478. The van der Waals surface area contributed by atoms with Crippen molar-refractivity contribution in [3.63, 3.8) is 0 Å². The third kappa shape index (κ3) is 5.45. The number of aryl methyl sites for hydroxylation is 1. The number of aromatic nitrogens is 3. The Morgan fingerprint density at radius 3 is 2.70 bits per heavy atom. The molecule has 0 aliphatic heterocycles. The molecule has 0 aliphatic carbocycles. The highest BCUT2D eigenvalue weighted by atomic mass is 32.1. The van der Waals surface area contributed by atoms with Crippen molar-refractivity contribution >= 4 is 18.1 Å². The van der Waals surface area contributed by atoms with Gasteiger partial charge in [-0.15, -0.1) is 0 Å².